The summed E-state index contributed by atoms with van der Waals surface area (Å²) in [5.41, 5.74) is 0. The Morgan fingerprint density at radius 1 is 1.42 bits per heavy atom. The van der Waals surface area contributed by atoms with Crippen molar-refractivity contribution in [1.29, 1.82) is 0 Å². The van der Waals surface area contributed by atoms with Crippen LogP contribution in [0.4, 0.5) is 0 Å². The van der Waals surface area contributed by atoms with Gasteiger partial charge in [-0.15, -0.1) is 11.3 Å². The Morgan fingerprint density at radius 3 is 3.00 bits per heavy atom. The van der Waals surface area contributed by atoms with Gasteiger partial charge in [0.05, 0.1) is 4.88 Å². The molecule has 1 saturated heterocycles. The van der Waals surface area contributed by atoms with Crippen LogP contribution in [-0.4, -0.2) is 31.3 Å². The Kier molecular flexibility index (Phi) is 5.54. The van der Waals surface area contributed by atoms with Gasteiger partial charge in [-0.25, -0.2) is 0 Å². The summed E-state index contributed by atoms with van der Waals surface area (Å²) < 4.78 is 0. The maximum atomic E-state index is 11.7. The Labute approximate surface area is 117 Å². The van der Waals surface area contributed by atoms with Crippen molar-refractivity contribution in [3.05, 3.63) is 22.4 Å². The third kappa shape index (κ3) is 4.76. The van der Waals surface area contributed by atoms with Crippen molar-refractivity contribution >= 4 is 23.0 Å². The largest absolute Gasteiger partial charge is 0.356 e. The summed E-state index contributed by atoms with van der Waals surface area (Å²) in [5.74, 6) is 0.731. The van der Waals surface area contributed by atoms with Gasteiger partial charge >= 0.3 is 0 Å². The molecule has 1 amide bonds. The molecule has 5 heteroatoms. The van der Waals surface area contributed by atoms with Gasteiger partial charge in [0.25, 0.3) is 0 Å². The molecule has 4 nitrogen and oxygen atoms in total. The summed E-state index contributed by atoms with van der Waals surface area (Å²) in [7, 11) is 0. The molecule has 0 aliphatic carbocycles. The molecule has 0 spiro atoms. The zero-order chi connectivity index (χ0) is 13.5. The van der Waals surface area contributed by atoms with Crippen LogP contribution in [0.1, 0.15) is 35.4 Å². The lowest BCUT2D eigenvalue weighted by Gasteiger charge is -2.09. The molecule has 1 unspecified atom stereocenters. The molecule has 1 aliphatic rings. The summed E-state index contributed by atoms with van der Waals surface area (Å²) >= 11 is 1.43. The highest BCUT2D eigenvalue weighted by atomic mass is 32.1. The highest BCUT2D eigenvalue weighted by Gasteiger charge is 2.14. The number of nitrogens with one attached hydrogen (secondary N) is 2. The van der Waals surface area contributed by atoms with Gasteiger partial charge in [0.1, 0.15) is 0 Å². The van der Waals surface area contributed by atoms with Crippen LogP contribution in [0.5, 0.6) is 0 Å². The van der Waals surface area contributed by atoms with E-state index in [2.05, 4.69) is 10.6 Å². The van der Waals surface area contributed by atoms with Crippen molar-refractivity contribution in [2.24, 2.45) is 5.92 Å². The minimum Gasteiger partial charge on any atom is -0.356 e. The summed E-state index contributed by atoms with van der Waals surface area (Å²) in [6.07, 6.45) is 2.82. The van der Waals surface area contributed by atoms with Crippen LogP contribution in [0.15, 0.2) is 17.5 Å². The van der Waals surface area contributed by atoms with Crippen molar-refractivity contribution in [1.82, 2.24) is 10.6 Å². The summed E-state index contributed by atoms with van der Waals surface area (Å²) in [6, 6.07) is 3.66. The number of thiophene rings is 1. The van der Waals surface area contributed by atoms with E-state index < -0.39 is 0 Å². The molecule has 2 heterocycles. The predicted molar refractivity (Wildman–Crippen MR) is 76.5 cm³/mol. The smallest absolute Gasteiger partial charge is 0.220 e. The average Bonchev–Trinajstić information content (AvgIpc) is 3.08. The minimum atomic E-state index is -0.0177. The second kappa shape index (κ2) is 7.40. The molecule has 104 valence electrons. The Balaban J connectivity index is 1.58. The van der Waals surface area contributed by atoms with E-state index in [9.17, 15) is 9.59 Å². The molecule has 2 rings (SSSR count). The summed E-state index contributed by atoms with van der Waals surface area (Å²) in [4.78, 5) is 24.1. The lowest BCUT2D eigenvalue weighted by molar-refractivity contribution is -0.121. The minimum absolute atomic E-state index is 0.0177. The first kappa shape index (κ1) is 14.2. The molecule has 0 radical (unpaired) electrons. The van der Waals surface area contributed by atoms with Gasteiger partial charge in [-0.3, -0.25) is 9.59 Å². The van der Waals surface area contributed by atoms with E-state index in [1.165, 1.54) is 17.8 Å². The fraction of sp³-hybridized carbons (Fsp3) is 0.571. The first-order valence-corrected chi connectivity index (χ1v) is 7.68. The van der Waals surface area contributed by atoms with Gasteiger partial charge in [0.2, 0.25) is 5.91 Å². The highest BCUT2D eigenvalue weighted by Crippen LogP contribution is 2.13. The van der Waals surface area contributed by atoms with Crippen LogP contribution in [0.25, 0.3) is 0 Å². The van der Waals surface area contributed by atoms with Gasteiger partial charge in [0, 0.05) is 19.4 Å². The lowest BCUT2D eigenvalue weighted by atomic mass is 10.1. The van der Waals surface area contributed by atoms with E-state index in [4.69, 9.17) is 0 Å². The van der Waals surface area contributed by atoms with Crippen LogP contribution >= 0.6 is 11.3 Å². The van der Waals surface area contributed by atoms with Crippen LogP contribution < -0.4 is 10.6 Å². The lowest BCUT2D eigenvalue weighted by Crippen LogP contribution is -2.26. The van der Waals surface area contributed by atoms with E-state index in [1.54, 1.807) is 6.07 Å². The molecule has 0 bridgehead atoms. The Hall–Kier alpha value is -1.20. The van der Waals surface area contributed by atoms with Crippen molar-refractivity contribution in [3.63, 3.8) is 0 Å². The van der Waals surface area contributed by atoms with Crippen molar-refractivity contribution in [2.45, 2.75) is 25.7 Å². The molecule has 19 heavy (non-hydrogen) atoms. The van der Waals surface area contributed by atoms with Crippen LogP contribution in [-0.2, 0) is 4.79 Å². The number of amides is 1. The normalized spacial score (nSPS) is 18.4. The quantitative estimate of drug-likeness (QED) is 0.749. The molecule has 0 saturated carbocycles. The Bertz CT molecular complexity index is 411. The fourth-order valence-electron chi connectivity index (χ4n) is 2.25. The van der Waals surface area contributed by atoms with E-state index >= 15 is 0 Å². The second-order valence-corrected chi connectivity index (χ2v) is 5.85. The van der Waals surface area contributed by atoms with Crippen LogP contribution in [0, 0.1) is 5.92 Å². The number of hydrogen-bond acceptors (Lipinski definition) is 4. The molecule has 0 aromatic carbocycles. The van der Waals surface area contributed by atoms with E-state index in [1.807, 2.05) is 11.4 Å². The number of ketones is 1. The zero-order valence-corrected chi connectivity index (χ0v) is 11.8. The van der Waals surface area contributed by atoms with Gasteiger partial charge in [-0.05, 0) is 43.3 Å². The second-order valence-electron chi connectivity index (χ2n) is 4.90. The molecule has 1 aliphatic heterocycles. The standard InChI is InChI=1S/C14H20N2O2S/c17-12(13-2-1-9-19-13)3-4-14(18)16-8-6-11-5-7-15-10-11/h1-2,9,11,15H,3-8,10H2,(H,16,18). The maximum Gasteiger partial charge on any atom is 0.220 e. The first-order chi connectivity index (χ1) is 9.25. The fourth-order valence-corrected chi connectivity index (χ4v) is 2.95. The highest BCUT2D eigenvalue weighted by molar-refractivity contribution is 7.12. The third-order valence-corrected chi connectivity index (χ3v) is 4.32. The molecular formula is C14H20N2O2S. The molecule has 2 N–H and O–H groups in total. The molecule has 1 aromatic rings. The number of carbonyl (C=O) groups is 2. The van der Waals surface area contributed by atoms with E-state index in [-0.39, 0.29) is 11.7 Å². The number of carbonyl (C=O) groups excluding carboxylic acids is 2. The number of rotatable bonds is 7. The van der Waals surface area contributed by atoms with Gasteiger partial charge in [-0.2, -0.15) is 0 Å². The van der Waals surface area contributed by atoms with Gasteiger partial charge in [0.15, 0.2) is 5.78 Å². The molecule has 1 atom stereocenters. The zero-order valence-electron chi connectivity index (χ0n) is 11.0. The monoisotopic (exact) mass is 280 g/mol. The van der Waals surface area contributed by atoms with Crippen molar-refractivity contribution < 1.29 is 9.59 Å². The molecular weight excluding hydrogens is 260 g/mol. The molecule has 1 fully saturated rings. The van der Waals surface area contributed by atoms with E-state index in [0.29, 0.717) is 18.8 Å². The van der Waals surface area contributed by atoms with E-state index in [0.717, 1.165) is 30.9 Å². The van der Waals surface area contributed by atoms with Gasteiger partial charge < -0.3 is 10.6 Å². The van der Waals surface area contributed by atoms with Crippen LogP contribution in [0.3, 0.4) is 0 Å². The number of Topliss-reactive ketones (excluding diaryl/α,β-unsaturated/α-hetero) is 1. The summed E-state index contributed by atoms with van der Waals surface area (Å²) in [5, 5.41) is 8.08. The average molecular weight is 280 g/mol. The number of hydrogen-bond donors (Lipinski definition) is 2. The maximum absolute atomic E-state index is 11.7. The van der Waals surface area contributed by atoms with Crippen molar-refractivity contribution in [3.8, 4) is 0 Å². The van der Waals surface area contributed by atoms with Gasteiger partial charge in [-0.1, -0.05) is 6.07 Å². The SMILES string of the molecule is O=C(CCC(=O)c1cccs1)NCCC1CCNC1. The molecule has 1 aromatic heterocycles. The van der Waals surface area contributed by atoms with Crippen molar-refractivity contribution in [2.75, 3.05) is 19.6 Å². The topological polar surface area (TPSA) is 58.2 Å². The third-order valence-electron chi connectivity index (χ3n) is 3.41. The summed E-state index contributed by atoms with van der Waals surface area (Å²) in [6.45, 7) is 2.87. The van der Waals surface area contributed by atoms with Crippen LogP contribution in [0.2, 0.25) is 0 Å². The Morgan fingerprint density at radius 2 is 2.32 bits per heavy atom. The predicted octanol–water partition coefficient (Wildman–Crippen LogP) is 1.83. The first-order valence-electron chi connectivity index (χ1n) is 6.80.